The number of halogens is 3. The summed E-state index contributed by atoms with van der Waals surface area (Å²) in [6.07, 6.45) is 1.66. The topological polar surface area (TPSA) is 106 Å². The van der Waals surface area contributed by atoms with Crippen LogP contribution in [0.15, 0.2) is 65.7 Å². The first-order chi connectivity index (χ1) is 18.8. The van der Waals surface area contributed by atoms with Crippen molar-refractivity contribution in [2.75, 3.05) is 30.5 Å². The van der Waals surface area contributed by atoms with Crippen LogP contribution >= 0.6 is 35.6 Å². The van der Waals surface area contributed by atoms with Gasteiger partial charge in [0.1, 0.15) is 12.0 Å². The molecule has 0 bridgehead atoms. The van der Waals surface area contributed by atoms with E-state index < -0.39 is 6.23 Å². The molecule has 40 heavy (non-hydrogen) atoms. The first kappa shape index (κ1) is 31.2. The largest absolute Gasteiger partial charge is 0.496 e. The Bertz CT molecular complexity index is 1400. The molecule has 0 saturated heterocycles. The fraction of sp³-hybridized carbons (Fsp3) is 0.276. The maximum absolute atomic E-state index is 14.1. The maximum atomic E-state index is 14.1. The molecule has 1 aliphatic heterocycles. The van der Waals surface area contributed by atoms with Gasteiger partial charge in [0.05, 0.1) is 42.2 Å². The molecule has 0 fully saturated rings. The standard InChI is InChI=1S/C29H30Cl2N4O4.ClH/c1-18(32)33-14-15-39-27-9-5-6-19-16-20(30)10-13-25(19)35(27)29(37)23-12-11-21(17-26(23)38-2)34-28(36)22-7-3-4-8-24(22)31;/h3-4,7-8,10-13,16-17,27H,5-6,9,14-15H2,1-2H3,(H2,32,33)(H,34,36);1H. The number of benzene rings is 3. The number of fused-ring (bicyclic) bond motifs is 1. The van der Waals surface area contributed by atoms with Crippen LogP contribution in [-0.2, 0) is 11.2 Å². The summed E-state index contributed by atoms with van der Waals surface area (Å²) in [6, 6.07) is 17.1. The van der Waals surface area contributed by atoms with Gasteiger partial charge in [-0.15, -0.1) is 12.4 Å². The maximum Gasteiger partial charge on any atom is 0.264 e. The highest BCUT2D eigenvalue weighted by Gasteiger charge is 2.32. The van der Waals surface area contributed by atoms with Crippen molar-refractivity contribution < 1.29 is 19.1 Å². The molecule has 2 amide bonds. The van der Waals surface area contributed by atoms with E-state index in [0.29, 0.717) is 58.0 Å². The zero-order valence-electron chi connectivity index (χ0n) is 22.2. The average molecular weight is 606 g/mol. The molecule has 1 aliphatic rings. The summed E-state index contributed by atoms with van der Waals surface area (Å²) < 4.78 is 11.8. The normalized spacial score (nSPS) is 14.9. The number of carbonyl (C=O) groups is 2. The van der Waals surface area contributed by atoms with Crippen molar-refractivity contribution in [3.8, 4) is 5.75 Å². The van der Waals surface area contributed by atoms with Crippen molar-refractivity contribution in [1.82, 2.24) is 0 Å². The fourth-order valence-electron chi connectivity index (χ4n) is 4.47. The minimum atomic E-state index is -0.530. The fourth-order valence-corrected chi connectivity index (χ4v) is 4.88. The summed E-state index contributed by atoms with van der Waals surface area (Å²) in [5, 5.41) is 3.75. The van der Waals surface area contributed by atoms with Gasteiger partial charge in [-0.05, 0) is 74.2 Å². The number of methoxy groups -OCH3 is 1. The van der Waals surface area contributed by atoms with Crippen LogP contribution in [0.25, 0.3) is 0 Å². The number of nitrogens with two attached hydrogens (primary N) is 1. The van der Waals surface area contributed by atoms with E-state index in [0.717, 1.165) is 24.1 Å². The highest BCUT2D eigenvalue weighted by molar-refractivity contribution is 6.34. The molecule has 8 nitrogen and oxygen atoms in total. The van der Waals surface area contributed by atoms with Crippen LogP contribution in [0, 0.1) is 0 Å². The molecule has 3 aromatic carbocycles. The number of rotatable bonds is 8. The van der Waals surface area contributed by atoms with Crippen LogP contribution in [0.5, 0.6) is 5.75 Å². The lowest BCUT2D eigenvalue weighted by molar-refractivity contribution is 0.0455. The van der Waals surface area contributed by atoms with Gasteiger partial charge in [0.15, 0.2) is 0 Å². The van der Waals surface area contributed by atoms with Gasteiger partial charge >= 0.3 is 0 Å². The lowest BCUT2D eigenvalue weighted by atomic mass is 10.1. The molecule has 0 radical (unpaired) electrons. The minimum Gasteiger partial charge on any atom is -0.496 e. The smallest absolute Gasteiger partial charge is 0.264 e. The number of carbonyl (C=O) groups excluding carboxylic acids is 2. The number of amides is 2. The quantitative estimate of drug-likeness (QED) is 0.176. The number of hydrogen-bond donors (Lipinski definition) is 2. The zero-order chi connectivity index (χ0) is 27.9. The van der Waals surface area contributed by atoms with Crippen LogP contribution in [0.3, 0.4) is 0 Å². The van der Waals surface area contributed by atoms with E-state index >= 15 is 0 Å². The predicted molar refractivity (Wildman–Crippen MR) is 163 cm³/mol. The highest BCUT2D eigenvalue weighted by Crippen LogP contribution is 2.35. The lowest BCUT2D eigenvalue weighted by Crippen LogP contribution is -2.42. The van der Waals surface area contributed by atoms with Crippen LogP contribution < -0.4 is 20.7 Å². The molecule has 0 aliphatic carbocycles. The van der Waals surface area contributed by atoms with Crippen molar-refractivity contribution in [2.24, 2.45) is 10.7 Å². The van der Waals surface area contributed by atoms with E-state index in [1.807, 2.05) is 12.1 Å². The molecular weight excluding hydrogens is 575 g/mol. The van der Waals surface area contributed by atoms with E-state index in [2.05, 4.69) is 10.3 Å². The van der Waals surface area contributed by atoms with Crippen LogP contribution in [0.4, 0.5) is 11.4 Å². The second-order valence-electron chi connectivity index (χ2n) is 9.04. The predicted octanol–water partition coefficient (Wildman–Crippen LogP) is 6.38. The third kappa shape index (κ3) is 7.46. The Kier molecular flexibility index (Phi) is 11.2. The van der Waals surface area contributed by atoms with Gasteiger partial charge in [0, 0.05) is 22.5 Å². The Morgan fingerprint density at radius 1 is 1.10 bits per heavy atom. The van der Waals surface area contributed by atoms with Crippen molar-refractivity contribution in [1.29, 1.82) is 0 Å². The molecule has 1 atom stereocenters. The van der Waals surface area contributed by atoms with E-state index in [-0.39, 0.29) is 24.2 Å². The molecule has 3 N–H and O–H groups in total. The Hall–Kier alpha value is -3.30. The number of hydrogen-bond acceptors (Lipinski definition) is 5. The molecule has 3 aromatic rings. The molecule has 212 valence electrons. The zero-order valence-corrected chi connectivity index (χ0v) is 24.5. The summed E-state index contributed by atoms with van der Waals surface area (Å²) >= 11 is 12.4. The first-order valence-corrected chi connectivity index (χ1v) is 13.3. The summed E-state index contributed by atoms with van der Waals surface area (Å²) in [5.41, 5.74) is 8.45. The molecule has 1 heterocycles. The number of anilines is 2. The molecular formula is C29H31Cl3N4O4. The van der Waals surface area contributed by atoms with Gasteiger partial charge in [0.2, 0.25) is 0 Å². The minimum absolute atomic E-state index is 0. The average Bonchev–Trinajstić information content (AvgIpc) is 3.09. The summed E-state index contributed by atoms with van der Waals surface area (Å²) in [4.78, 5) is 32.7. The van der Waals surface area contributed by atoms with E-state index in [1.165, 1.54) is 7.11 Å². The summed E-state index contributed by atoms with van der Waals surface area (Å²) in [6.45, 7) is 2.40. The Balaban J connectivity index is 0.00000441. The number of aryl methyl sites for hydroxylation is 1. The third-order valence-electron chi connectivity index (χ3n) is 6.28. The summed E-state index contributed by atoms with van der Waals surface area (Å²) in [5.74, 6) is 0.103. The lowest BCUT2D eigenvalue weighted by Gasteiger charge is -2.31. The first-order valence-electron chi connectivity index (χ1n) is 12.5. The third-order valence-corrected chi connectivity index (χ3v) is 6.84. The summed E-state index contributed by atoms with van der Waals surface area (Å²) in [7, 11) is 1.48. The van der Waals surface area contributed by atoms with Gasteiger partial charge in [-0.1, -0.05) is 35.3 Å². The van der Waals surface area contributed by atoms with Crippen LogP contribution in [0.1, 0.15) is 46.0 Å². The van der Waals surface area contributed by atoms with Gasteiger partial charge < -0.3 is 20.5 Å². The Morgan fingerprint density at radius 2 is 1.88 bits per heavy atom. The van der Waals surface area contributed by atoms with Crippen molar-refractivity contribution in [2.45, 2.75) is 32.4 Å². The van der Waals surface area contributed by atoms with Crippen molar-refractivity contribution in [3.05, 3.63) is 87.4 Å². The van der Waals surface area contributed by atoms with Gasteiger partial charge in [-0.3, -0.25) is 19.5 Å². The second-order valence-corrected chi connectivity index (χ2v) is 9.88. The number of nitrogens with zero attached hydrogens (tertiary/aromatic N) is 2. The molecule has 1 unspecified atom stereocenters. The number of nitrogens with one attached hydrogen (secondary N) is 1. The van der Waals surface area contributed by atoms with Crippen LogP contribution in [-0.4, -0.2) is 44.1 Å². The van der Waals surface area contributed by atoms with Crippen molar-refractivity contribution in [3.63, 3.8) is 0 Å². The number of ether oxygens (including phenoxy) is 2. The highest BCUT2D eigenvalue weighted by atomic mass is 35.5. The molecule has 0 aromatic heterocycles. The van der Waals surface area contributed by atoms with Gasteiger partial charge in [-0.2, -0.15) is 0 Å². The van der Waals surface area contributed by atoms with E-state index in [1.54, 1.807) is 60.4 Å². The SMILES string of the molecule is COc1cc(NC(=O)c2ccccc2Cl)ccc1C(=O)N1c2ccc(Cl)cc2CCCC1OCCN=C(C)N.Cl. The van der Waals surface area contributed by atoms with Crippen molar-refractivity contribution >= 4 is 64.6 Å². The molecule has 0 spiro atoms. The molecule has 11 heteroatoms. The van der Waals surface area contributed by atoms with Crippen LogP contribution in [0.2, 0.25) is 10.0 Å². The Labute approximate surface area is 249 Å². The van der Waals surface area contributed by atoms with Gasteiger partial charge in [-0.25, -0.2) is 0 Å². The monoisotopic (exact) mass is 604 g/mol. The number of aliphatic imine (C=N–C) groups is 1. The molecule has 0 saturated carbocycles. The van der Waals surface area contributed by atoms with E-state index in [4.69, 9.17) is 38.4 Å². The molecule has 4 rings (SSSR count). The second kappa shape index (κ2) is 14.4. The Morgan fingerprint density at radius 3 is 2.60 bits per heavy atom. The number of amidine groups is 1. The van der Waals surface area contributed by atoms with E-state index in [9.17, 15) is 9.59 Å². The van der Waals surface area contributed by atoms with Gasteiger partial charge in [0.25, 0.3) is 11.8 Å².